The third-order valence-corrected chi connectivity index (χ3v) is 5.20. The van der Waals surface area contributed by atoms with Gasteiger partial charge < -0.3 is 15.4 Å². The van der Waals surface area contributed by atoms with Gasteiger partial charge in [-0.25, -0.2) is 0 Å². The summed E-state index contributed by atoms with van der Waals surface area (Å²) in [5, 5.41) is 11.1. The molecule has 0 radical (unpaired) electrons. The van der Waals surface area contributed by atoms with Gasteiger partial charge in [0.25, 0.3) is 0 Å². The molecule has 2 N–H and O–H groups in total. The monoisotopic (exact) mass is 383 g/mol. The van der Waals surface area contributed by atoms with Crippen LogP contribution >= 0.6 is 0 Å². The molecule has 0 aliphatic heterocycles. The number of nitrogens with zero attached hydrogens (tertiary/aromatic N) is 3. The van der Waals surface area contributed by atoms with E-state index in [0.29, 0.717) is 6.10 Å². The fourth-order valence-corrected chi connectivity index (χ4v) is 3.61. The Bertz CT molecular complexity index is 707. The SMILES string of the molecule is CN=C(NCCCOC1CCCCC1)NCc1ccccc1Cn1cccn1. The molecule has 0 atom stereocenters. The molecule has 2 aromatic rings. The number of nitrogens with one attached hydrogen (secondary N) is 2. The Labute approximate surface area is 168 Å². The Morgan fingerprint density at radius 2 is 1.96 bits per heavy atom. The van der Waals surface area contributed by atoms with Crippen LogP contribution < -0.4 is 10.6 Å². The number of hydrogen-bond donors (Lipinski definition) is 2. The van der Waals surface area contributed by atoms with Gasteiger partial charge in [-0.05, 0) is 36.5 Å². The average Bonchev–Trinajstić information content (AvgIpc) is 3.25. The summed E-state index contributed by atoms with van der Waals surface area (Å²) in [5.74, 6) is 0.826. The Balaban J connectivity index is 1.38. The first-order chi connectivity index (χ1) is 13.8. The lowest BCUT2D eigenvalue weighted by atomic mass is 9.98. The van der Waals surface area contributed by atoms with Crippen molar-refractivity contribution >= 4 is 5.96 Å². The molecule has 1 aromatic heterocycles. The van der Waals surface area contributed by atoms with E-state index in [9.17, 15) is 0 Å². The molecular formula is C22H33N5O. The molecule has 0 saturated heterocycles. The normalized spacial score (nSPS) is 15.5. The van der Waals surface area contributed by atoms with Gasteiger partial charge in [-0.2, -0.15) is 5.10 Å². The van der Waals surface area contributed by atoms with Gasteiger partial charge >= 0.3 is 0 Å². The van der Waals surface area contributed by atoms with Crippen LogP contribution in [0.1, 0.15) is 49.7 Å². The highest BCUT2D eigenvalue weighted by molar-refractivity contribution is 5.79. The van der Waals surface area contributed by atoms with Crippen molar-refractivity contribution in [2.45, 2.75) is 57.7 Å². The highest BCUT2D eigenvalue weighted by atomic mass is 16.5. The number of ether oxygens (including phenoxy) is 1. The predicted octanol–water partition coefficient (Wildman–Crippen LogP) is 3.34. The second-order valence-electron chi connectivity index (χ2n) is 7.31. The minimum atomic E-state index is 0.484. The number of hydrogen-bond acceptors (Lipinski definition) is 3. The predicted molar refractivity (Wildman–Crippen MR) is 113 cm³/mol. The van der Waals surface area contributed by atoms with E-state index >= 15 is 0 Å². The van der Waals surface area contributed by atoms with Gasteiger partial charge in [-0.1, -0.05) is 43.5 Å². The summed E-state index contributed by atoms with van der Waals surface area (Å²) < 4.78 is 7.93. The van der Waals surface area contributed by atoms with Gasteiger partial charge in [0.1, 0.15) is 0 Å². The molecule has 1 heterocycles. The zero-order valence-corrected chi connectivity index (χ0v) is 16.9. The van der Waals surface area contributed by atoms with Crippen molar-refractivity contribution in [2.24, 2.45) is 4.99 Å². The second kappa shape index (κ2) is 11.5. The first-order valence-corrected chi connectivity index (χ1v) is 10.5. The molecule has 1 saturated carbocycles. The topological polar surface area (TPSA) is 63.5 Å². The van der Waals surface area contributed by atoms with Crippen LogP contribution in [0.4, 0.5) is 0 Å². The summed E-state index contributed by atoms with van der Waals surface area (Å²) in [6, 6.07) is 10.4. The molecule has 0 unspecified atom stereocenters. The highest BCUT2D eigenvalue weighted by Crippen LogP contribution is 2.20. The summed E-state index contributed by atoms with van der Waals surface area (Å²) in [6.07, 6.45) is 11.7. The maximum atomic E-state index is 5.98. The third kappa shape index (κ3) is 6.68. The Morgan fingerprint density at radius 3 is 2.71 bits per heavy atom. The molecule has 0 amide bonds. The van der Waals surface area contributed by atoms with E-state index < -0.39 is 0 Å². The van der Waals surface area contributed by atoms with Crippen molar-refractivity contribution in [3.8, 4) is 0 Å². The smallest absolute Gasteiger partial charge is 0.191 e. The van der Waals surface area contributed by atoms with Crippen LogP contribution in [0.15, 0.2) is 47.7 Å². The number of aromatic nitrogens is 2. The molecule has 1 fully saturated rings. The van der Waals surface area contributed by atoms with Gasteiger partial charge in [-0.15, -0.1) is 0 Å². The Kier molecular flexibility index (Phi) is 8.37. The first-order valence-electron chi connectivity index (χ1n) is 10.5. The van der Waals surface area contributed by atoms with Crippen molar-refractivity contribution in [1.82, 2.24) is 20.4 Å². The lowest BCUT2D eigenvalue weighted by Crippen LogP contribution is -2.37. The first kappa shape index (κ1) is 20.4. The van der Waals surface area contributed by atoms with E-state index in [0.717, 1.165) is 38.6 Å². The standard InChI is InChI=1S/C22H33N5O/c1-23-22(24-13-8-16-28-21-11-3-2-4-12-21)25-17-19-9-5-6-10-20(19)18-27-15-7-14-26-27/h5-7,9-10,14-15,21H,2-4,8,11-13,16-18H2,1H3,(H2,23,24,25). The molecular weight excluding hydrogens is 350 g/mol. The summed E-state index contributed by atoms with van der Waals surface area (Å²) in [6.45, 7) is 3.19. The molecule has 0 bridgehead atoms. The van der Waals surface area contributed by atoms with Gasteiger partial charge in [0, 0.05) is 39.1 Å². The quantitative estimate of drug-likeness (QED) is 0.396. The van der Waals surface area contributed by atoms with E-state index in [1.807, 2.05) is 30.2 Å². The largest absolute Gasteiger partial charge is 0.378 e. The van der Waals surface area contributed by atoms with E-state index in [4.69, 9.17) is 4.74 Å². The van der Waals surface area contributed by atoms with Crippen LogP contribution in [-0.4, -0.2) is 42.0 Å². The number of benzene rings is 1. The minimum absolute atomic E-state index is 0.484. The van der Waals surface area contributed by atoms with Crippen molar-refractivity contribution in [3.63, 3.8) is 0 Å². The number of rotatable bonds is 9. The molecule has 0 spiro atoms. The fourth-order valence-electron chi connectivity index (χ4n) is 3.61. The van der Waals surface area contributed by atoms with Crippen molar-refractivity contribution in [3.05, 3.63) is 53.9 Å². The molecule has 6 heteroatoms. The van der Waals surface area contributed by atoms with Crippen LogP contribution in [0.25, 0.3) is 0 Å². The molecule has 1 aliphatic rings. The minimum Gasteiger partial charge on any atom is -0.378 e. The summed E-state index contributed by atoms with van der Waals surface area (Å²) in [7, 11) is 1.81. The lowest BCUT2D eigenvalue weighted by Gasteiger charge is -2.22. The maximum Gasteiger partial charge on any atom is 0.191 e. The van der Waals surface area contributed by atoms with Crippen LogP contribution in [0, 0.1) is 0 Å². The maximum absolute atomic E-state index is 5.98. The molecule has 6 nitrogen and oxygen atoms in total. The molecule has 1 aromatic carbocycles. The molecule has 3 rings (SSSR count). The Morgan fingerprint density at radius 1 is 1.14 bits per heavy atom. The van der Waals surface area contributed by atoms with Crippen LogP contribution in [0.2, 0.25) is 0 Å². The van der Waals surface area contributed by atoms with Gasteiger partial charge in [0.2, 0.25) is 0 Å². The summed E-state index contributed by atoms with van der Waals surface area (Å²) in [5.41, 5.74) is 2.51. The van der Waals surface area contributed by atoms with E-state index in [1.165, 1.54) is 43.2 Å². The number of aliphatic imine (C=N–C) groups is 1. The summed E-state index contributed by atoms with van der Waals surface area (Å²) in [4.78, 5) is 4.33. The second-order valence-corrected chi connectivity index (χ2v) is 7.31. The van der Waals surface area contributed by atoms with Crippen molar-refractivity contribution in [2.75, 3.05) is 20.2 Å². The van der Waals surface area contributed by atoms with Gasteiger partial charge in [0.15, 0.2) is 5.96 Å². The van der Waals surface area contributed by atoms with Crippen LogP contribution in [0.3, 0.4) is 0 Å². The van der Waals surface area contributed by atoms with Crippen LogP contribution in [0.5, 0.6) is 0 Å². The van der Waals surface area contributed by atoms with E-state index in [1.54, 1.807) is 0 Å². The van der Waals surface area contributed by atoms with Crippen molar-refractivity contribution in [1.29, 1.82) is 0 Å². The zero-order chi connectivity index (χ0) is 19.4. The van der Waals surface area contributed by atoms with Gasteiger partial charge in [0.05, 0.1) is 12.6 Å². The zero-order valence-electron chi connectivity index (χ0n) is 16.9. The summed E-state index contributed by atoms with van der Waals surface area (Å²) >= 11 is 0. The Hall–Kier alpha value is -2.34. The average molecular weight is 384 g/mol. The molecule has 152 valence electrons. The molecule has 28 heavy (non-hydrogen) atoms. The van der Waals surface area contributed by atoms with E-state index in [-0.39, 0.29) is 0 Å². The number of guanidine groups is 1. The highest BCUT2D eigenvalue weighted by Gasteiger charge is 2.13. The van der Waals surface area contributed by atoms with E-state index in [2.05, 4.69) is 45.0 Å². The van der Waals surface area contributed by atoms with Crippen molar-refractivity contribution < 1.29 is 4.74 Å². The van der Waals surface area contributed by atoms with Crippen LogP contribution in [-0.2, 0) is 17.8 Å². The lowest BCUT2D eigenvalue weighted by molar-refractivity contribution is 0.0277. The molecule has 1 aliphatic carbocycles. The third-order valence-electron chi connectivity index (χ3n) is 5.20. The van der Waals surface area contributed by atoms with Gasteiger partial charge in [-0.3, -0.25) is 9.67 Å². The fraction of sp³-hybridized carbons (Fsp3) is 0.545.